The molecule has 18 heavy (non-hydrogen) atoms. The van der Waals surface area contributed by atoms with Crippen LogP contribution in [0.2, 0.25) is 0 Å². The average Bonchev–Trinajstić information content (AvgIpc) is 2.26. The van der Waals surface area contributed by atoms with E-state index in [0.29, 0.717) is 0 Å². The van der Waals surface area contributed by atoms with Gasteiger partial charge in [0.05, 0.1) is 0 Å². The van der Waals surface area contributed by atoms with Gasteiger partial charge in [-0.3, -0.25) is 4.79 Å². The van der Waals surface area contributed by atoms with Gasteiger partial charge >= 0.3 is 0 Å². The number of rotatable bonds is 5. The van der Waals surface area contributed by atoms with Crippen LogP contribution in [0.5, 0.6) is 0 Å². The first kappa shape index (κ1) is 14.8. The van der Waals surface area contributed by atoms with Crippen molar-refractivity contribution in [2.75, 3.05) is 0 Å². The van der Waals surface area contributed by atoms with Crippen molar-refractivity contribution in [1.82, 2.24) is 4.72 Å². The molecule has 4 nitrogen and oxygen atoms in total. The number of sulfonamides is 1. The molecule has 0 radical (unpaired) electrons. The summed E-state index contributed by atoms with van der Waals surface area (Å²) in [6.45, 7) is 4.93. The normalized spacial score (nSPS) is 11.8. The number of halogens is 1. The van der Waals surface area contributed by atoms with Crippen molar-refractivity contribution in [2.45, 2.75) is 38.1 Å². The number of nitrogens with one attached hydrogen (secondary N) is 1. The Balaban J connectivity index is 3.28. The Morgan fingerprint density at radius 1 is 1.39 bits per heavy atom. The quantitative estimate of drug-likeness (QED) is 0.836. The zero-order chi connectivity index (χ0) is 13.9. The molecular weight excluding hydrogens is 257 g/mol. The van der Waals surface area contributed by atoms with Crippen molar-refractivity contribution in [3.05, 3.63) is 29.6 Å². The van der Waals surface area contributed by atoms with E-state index < -0.39 is 20.7 Å². The van der Waals surface area contributed by atoms with Crippen LogP contribution in [0, 0.1) is 5.82 Å². The first-order valence-corrected chi connectivity index (χ1v) is 7.11. The highest BCUT2D eigenvalue weighted by molar-refractivity contribution is 7.89. The minimum Gasteiger partial charge on any atom is -0.294 e. The number of carbonyl (C=O) groups excluding carboxylic acids is 1. The number of benzene rings is 1. The highest BCUT2D eigenvalue weighted by Gasteiger charge is 2.21. The van der Waals surface area contributed by atoms with Gasteiger partial charge in [0.25, 0.3) is 0 Å². The summed E-state index contributed by atoms with van der Waals surface area (Å²) >= 11 is 0. The summed E-state index contributed by atoms with van der Waals surface area (Å²) in [4.78, 5) is 11.0. The zero-order valence-electron chi connectivity index (χ0n) is 10.5. The van der Waals surface area contributed by atoms with Gasteiger partial charge in [0.15, 0.2) is 5.78 Å². The van der Waals surface area contributed by atoms with Crippen LogP contribution < -0.4 is 4.72 Å². The van der Waals surface area contributed by atoms with Crippen LogP contribution >= 0.6 is 0 Å². The Labute approximate surface area is 106 Å². The van der Waals surface area contributed by atoms with Gasteiger partial charge in [0, 0.05) is 18.0 Å². The highest BCUT2D eigenvalue weighted by Crippen LogP contribution is 2.17. The van der Waals surface area contributed by atoms with Crippen LogP contribution in [-0.4, -0.2) is 20.2 Å². The van der Waals surface area contributed by atoms with Crippen LogP contribution in [0.1, 0.15) is 37.6 Å². The van der Waals surface area contributed by atoms with E-state index in [1.54, 1.807) is 20.8 Å². The van der Waals surface area contributed by atoms with Gasteiger partial charge in [-0.1, -0.05) is 6.92 Å². The van der Waals surface area contributed by atoms with Crippen molar-refractivity contribution < 1.29 is 17.6 Å². The lowest BCUT2D eigenvalue weighted by molar-refractivity contribution is 0.0988. The summed E-state index contributed by atoms with van der Waals surface area (Å²) in [5.74, 6) is -1.09. The molecule has 0 heterocycles. The SMILES string of the molecule is CCC(=O)c1ccc(F)c(S(=O)(=O)NC(C)C)c1. The molecule has 0 aliphatic carbocycles. The van der Waals surface area contributed by atoms with Crippen LogP contribution in [0.15, 0.2) is 23.1 Å². The second kappa shape index (κ2) is 5.58. The molecular formula is C12H16FNO3S. The Kier molecular flexibility index (Phi) is 4.59. The molecule has 0 saturated heterocycles. The minimum absolute atomic E-state index is 0.197. The fourth-order valence-electron chi connectivity index (χ4n) is 1.46. The topological polar surface area (TPSA) is 63.2 Å². The fraction of sp³-hybridized carbons (Fsp3) is 0.417. The van der Waals surface area contributed by atoms with Crippen LogP contribution in [-0.2, 0) is 10.0 Å². The Bertz CT molecular complexity index is 552. The van der Waals surface area contributed by atoms with E-state index >= 15 is 0 Å². The van der Waals surface area contributed by atoms with Gasteiger partial charge in [0.2, 0.25) is 10.0 Å². The van der Waals surface area contributed by atoms with Gasteiger partial charge in [-0.15, -0.1) is 0 Å². The lowest BCUT2D eigenvalue weighted by Crippen LogP contribution is -2.31. The lowest BCUT2D eigenvalue weighted by atomic mass is 10.1. The smallest absolute Gasteiger partial charge is 0.243 e. The average molecular weight is 273 g/mol. The first-order chi connectivity index (χ1) is 8.27. The zero-order valence-corrected chi connectivity index (χ0v) is 11.3. The molecule has 0 amide bonds. The number of ketones is 1. The maximum absolute atomic E-state index is 13.6. The second-order valence-corrected chi connectivity index (χ2v) is 5.88. The van der Waals surface area contributed by atoms with Crippen molar-refractivity contribution in [3.63, 3.8) is 0 Å². The first-order valence-electron chi connectivity index (χ1n) is 5.63. The maximum Gasteiger partial charge on any atom is 0.243 e. The summed E-state index contributed by atoms with van der Waals surface area (Å²) in [6, 6.07) is 3.01. The molecule has 100 valence electrons. The number of hydrogen-bond donors (Lipinski definition) is 1. The predicted molar refractivity (Wildman–Crippen MR) is 66.5 cm³/mol. The summed E-state index contributed by atoms with van der Waals surface area (Å²) in [5, 5.41) is 0. The van der Waals surface area contributed by atoms with E-state index in [0.717, 1.165) is 12.1 Å². The third-order valence-electron chi connectivity index (χ3n) is 2.25. The summed E-state index contributed by atoms with van der Waals surface area (Å²) < 4.78 is 39.6. The molecule has 1 aromatic rings. The summed E-state index contributed by atoms with van der Waals surface area (Å²) in [6.07, 6.45) is 0.239. The molecule has 1 rings (SSSR count). The third-order valence-corrected chi connectivity index (χ3v) is 3.93. The fourth-order valence-corrected chi connectivity index (χ4v) is 2.82. The molecule has 6 heteroatoms. The summed E-state index contributed by atoms with van der Waals surface area (Å²) in [5.41, 5.74) is 0.197. The van der Waals surface area contributed by atoms with Crippen molar-refractivity contribution in [1.29, 1.82) is 0 Å². The maximum atomic E-state index is 13.6. The van der Waals surface area contributed by atoms with Gasteiger partial charge in [-0.25, -0.2) is 17.5 Å². The monoisotopic (exact) mass is 273 g/mol. The molecule has 0 bridgehead atoms. The summed E-state index contributed by atoms with van der Waals surface area (Å²) in [7, 11) is -3.93. The molecule has 0 spiro atoms. The van der Waals surface area contributed by atoms with E-state index in [1.165, 1.54) is 6.07 Å². The van der Waals surface area contributed by atoms with Crippen LogP contribution in [0.4, 0.5) is 4.39 Å². The van der Waals surface area contributed by atoms with Crippen molar-refractivity contribution in [3.8, 4) is 0 Å². The largest absolute Gasteiger partial charge is 0.294 e. The third kappa shape index (κ3) is 3.36. The second-order valence-electron chi connectivity index (χ2n) is 4.20. The molecule has 0 saturated carbocycles. The molecule has 0 unspecified atom stereocenters. The Hall–Kier alpha value is -1.27. The van der Waals surface area contributed by atoms with E-state index in [-0.39, 0.29) is 23.8 Å². The lowest BCUT2D eigenvalue weighted by Gasteiger charge is -2.11. The molecule has 0 fully saturated rings. The molecule has 1 aromatic carbocycles. The van der Waals surface area contributed by atoms with Gasteiger partial charge in [-0.2, -0.15) is 0 Å². The predicted octanol–water partition coefficient (Wildman–Crippen LogP) is 2.11. The molecule has 1 N–H and O–H groups in total. The Morgan fingerprint density at radius 3 is 2.50 bits per heavy atom. The Morgan fingerprint density at radius 2 is 2.00 bits per heavy atom. The van der Waals surface area contributed by atoms with Gasteiger partial charge in [-0.05, 0) is 32.0 Å². The highest BCUT2D eigenvalue weighted by atomic mass is 32.2. The number of hydrogen-bond acceptors (Lipinski definition) is 3. The molecule has 0 aliphatic heterocycles. The van der Waals surface area contributed by atoms with Crippen molar-refractivity contribution in [2.24, 2.45) is 0 Å². The van der Waals surface area contributed by atoms with E-state index in [1.807, 2.05) is 0 Å². The van der Waals surface area contributed by atoms with Crippen LogP contribution in [0.25, 0.3) is 0 Å². The molecule has 0 atom stereocenters. The number of Topliss-reactive ketones (excluding diaryl/α,β-unsaturated/α-hetero) is 1. The van der Waals surface area contributed by atoms with E-state index in [2.05, 4.69) is 4.72 Å². The van der Waals surface area contributed by atoms with Crippen LogP contribution in [0.3, 0.4) is 0 Å². The van der Waals surface area contributed by atoms with Gasteiger partial charge in [0.1, 0.15) is 10.7 Å². The molecule has 0 aromatic heterocycles. The van der Waals surface area contributed by atoms with E-state index in [4.69, 9.17) is 0 Å². The minimum atomic E-state index is -3.93. The standard InChI is InChI=1S/C12H16FNO3S/c1-4-11(15)9-5-6-10(13)12(7-9)18(16,17)14-8(2)3/h5-8,14H,4H2,1-3H3. The molecule has 0 aliphatic rings. The van der Waals surface area contributed by atoms with Gasteiger partial charge < -0.3 is 0 Å². The number of carbonyl (C=O) groups is 1. The van der Waals surface area contributed by atoms with Crippen molar-refractivity contribution >= 4 is 15.8 Å². The van der Waals surface area contributed by atoms with E-state index in [9.17, 15) is 17.6 Å².